The molecule has 0 aliphatic carbocycles. The second kappa shape index (κ2) is 6.75. The maximum absolute atomic E-state index is 13.4. The quantitative estimate of drug-likeness (QED) is 0.821. The van der Waals surface area contributed by atoms with Crippen LogP contribution < -0.4 is 19.9 Å². The molecule has 0 heterocycles. The molecule has 2 aromatic rings. The first-order chi connectivity index (χ1) is 11.3. The predicted molar refractivity (Wildman–Crippen MR) is 85.3 cm³/mol. The molecule has 2 aromatic carbocycles. The molecule has 0 saturated heterocycles. The number of halogens is 1. The number of amides is 1. The number of ether oxygens (including phenoxy) is 2. The average Bonchev–Trinajstić information content (AvgIpc) is 2.55. The lowest BCUT2D eigenvalue weighted by molar-refractivity contribution is 0.0996. The van der Waals surface area contributed by atoms with Crippen molar-refractivity contribution in [1.82, 2.24) is 0 Å². The molecule has 0 atom stereocenters. The van der Waals surface area contributed by atoms with E-state index >= 15 is 0 Å². The summed E-state index contributed by atoms with van der Waals surface area (Å²) in [5.74, 6) is -1.23. The fourth-order valence-electron chi connectivity index (χ4n) is 1.98. The Labute approximate surface area is 138 Å². The van der Waals surface area contributed by atoms with Gasteiger partial charge in [-0.15, -0.1) is 0 Å². The molecule has 0 radical (unpaired) electrons. The number of hydrogen-bond donors (Lipinski definition) is 2. The van der Waals surface area contributed by atoms with Crippen LogP contribution in [0.5, 0.6) is 11.5 Å². The summed E-state index contributed by atoms with van der Waals surface area (Å²) in [5.41, 5.74) is 4.63. The molecule has 7 nitrogen and oxygen atoms in total. The monoisotopic (exact) mass is 354 g/mol. The molecule has 0 aliphatic heterocycles. The number of rotatable bonds is 6. The number of carbonyl (C=O) groups is 1. The van der Waals surface area contributed by atoms with Crippen molar-refractivity contribution in [3.8, 4) is 11.5 Å². The van der Waals surface area contributed by atoms with Crippen LogP contribution in [0.2, 0.25) is 0 Å². The molecule has 0 bridgehead atoms. The maximum Gasteiger partial charge on any atom is 0.262 e. The molecule has 128 valence electrons. The predicted octanol–water partition coefficient (Wildman–Crippen LogP) is 1.74. The summed E-state index contributed by atoms with van der Waals surface area (Å²) in [7, 11) is -1.19. The highest BCUT2D eigenvalue weighted by Gasteiger charge is 2.18. The first kappa shape index (κ1) is 17.5. The number of nitrogens with one attached hydrogen (secondary N) is 1. The first-order valence-electron chi connectivity index (χ1n) is 6.62. The molecule has 3 N–H and O–H groups in total. The molecule has 0 saturated carbocycles. The third-order valence-corrected chi connectivity index (χ3v) is 4.53. The zero-order valence-corrected chi connectivity index (χ0v) is 13.7. The lowest BCUT2D eigenvalue weighted by Crippen LogP contribution is -2.16. The summed E-state index contributed by atoms with van der Waals surface area (Å²) in [6.45, 7) is 0. The number of nitrogens with two attached hydrogens (primary N) is 1. The standard InChI is InChI=1S/C15H15FN2O5S/c1-22-13-6-4-10(8-14(13)23-2)24(20,21)18-9-3-5-12(16)11(7-9)15(17)19/h3-8,18H,1-2H3,(H2,17,19). The van der Waals surface area contributed by atoms with Crippen LogP contribution in [0.3, 0.4) is 0 Å². The van der Waals surface area contributed by atoms with Gasteiger partial charge in [-0.05, 0) is 30.3 Å². The van der Waals surface area contributed by atoms with Crippen LogP contribution in [-0.2, 0) is 10.0 Å². The smallest absolute Gasteiger partial charge is 0.262 e. The molecule has 0 aliphatic rings. The van der Waals surface area contributed by atoms with E-state index in [0.717, 1.165) is 12.1 Å². The van der Waals surface area contributed by atoms with Crippen molar-refractivity contribution in [2.45, 2.75) is 4.90 Å². The topological polar surface area (TPSA) is 108 Å². The number of primary amides is 1. The van der Waals surface area contributed by atoms with Crippen molar-refractivity contribution in [2.24, 2.45) is 5.73 Å². The van der Waals surface area contributed by atoms with E-state index in [1.165, 1.54) is 38.5 Å². The van der Waals surface area contributed by atoms with Gasteiger partial charge in [0.2, 0.25) is 0 Å². The second-order valence-corrected chi connectivity index (χ2v) is 6.36. The van der Waals surface area contributed by atoms with E-state index in [0.29, 0.717) is 5.75 Å². The highest BCUT2D eigenvalue weighted by molar-refractivity contribution is 7.92. The Morgan fingerprint density at radius 1 is 1.08 bits per heavy atom. The van der Waals surface area contributed by atoms with Crippen molar-refractivity contribution in [3.05, 3.63) is 47.8 Å². The summed E-state index contributed by atoms with van der Waals surface area (Å²) < 4.78 is 50.6. The van der Waals surface area contributed by atoms with Gasteiger partial charge in [0.15, 0.2) is 11.5 Å². The Bertz CT molecular complexity index is 883. The molecule has 0 aromatic heterocycles. The summed E-state index contributed by atoms with van der Waals surface area (Å²) in [4.78, 5) is 11.0. The van der Waals surface area contributed by atoms with Crippen LogP contribution in [0.25, 0.3) is 0 Å². The Morgan fingerprint density at radius 2 is 1.75 bits per heavy atom. The molecule has 24 heavy (non-hydrogen) atoms. The largest absolute Gasteiger partial charge is 0.493 e. The number of hydrogen-bond acceptors (Lipinski definition) is 5. The van der Waals surface area contributed by atoms with E-state index in [4.69, 9.17) is 15.2 Å². The number of sulfonamides is 1. The Kier molecular flexibility index (Phi) is 4.93. The van der Waals surface area contributed by atoms with Crippen molar-refractivity contribution in [3.63, 3.8) is 0 Å². The van der Waals surface area contributed by atoms with Gasteiger partial charge < -0.3 is 15.2 Å². The van der Waals surface area contributed by atoms with E-state index in [1.54, 1.807) is 0 Å². The lowest BCUT2D eigenvalue weighted by Gasteiger charge is -2.12. The fraction of sp³-hybridized carbons (Fsp3) is 0.133. The van der Waals surface area contributed by atoms with E-state index in [1.807, 2.05) is 0 Å². The average molecular weight is 354 g/mol. The summed E-state index contributed by atoms with van der Waals surface area (Å²) >= 11 is 0. The Hall–Kier alpha value is -2.81. The summed E-state index contributed by atoms with van der Waals surface area (Å²) in [5, 5.41) is 0. The number of carbonyl (C=O) groups excluding carboxylic acids is 1. The van der Waals surface area contributed by atoms with E-state index < -0.39 is 27.3 Å². The molecular weight excluding hydrogens is 339 g/mol. The SMILES string of the molecule is COc1ccc(S(=O)(=O)Nc2ccc(F)c(C(N)=O)c2)cc1OC. The first-order valence-corrected chi connectivity index (χ1v) is 8.11. The minimum Gasteiger partial charge on any atom is -0.493 e. The highest BCUT2D eigenvalue weighted by atomic mass is 32.2. The summed E-state index contributed by atoms with van der Waals surface area (Å²) in [6.07, 6.45) is 0. The van der Waals surface area contributed by atoms with Crippen LogP contribution in [-0.4, -0.2) is 28.5 Å². The normalized spacial score (nSPS) is 11.0. The molecule has 0 spiro atoms. The van der Waals surface area contributed by atoms with E-state index in [9.17, 15) is 17.6 Å². The molecular formula is C15H15FN2O5S. The zero-order chi connectivity index (χ0) is 17.9. The van der Waals surface area contributed by atoms with Crippen LogP contribution in [0, 0.1) is 5.82 Å². The molecule has 1 amide bonds. The van der Waals surface area contributed by atoms with Crippen LogP contribution in [0.1, 0.15) is 10.4 Å². The molecule has 0 fully saturated rings. The van der Waals surface area contributed by atoms with Gasteiger partial charge in [0.05, 0.1) is 24.7 Å². The molecule has 2 rings (SSSR count). The molecule has 0 unspecified atom stereocenters. The minimum atomic E-state index is -3.99. The fourth-order valence-corrected chi connectivity index (χ4v) is 3.04. The maximum atomic E-state index is 13.4. The third kappa shape index (κ3) is 3.57. The van der Waals surface area contributed by atoms with Gasteiger partial charge in [0.1, 0.15) is 5.82 Å². The second-order valence-electron chi connectivity index (χ2n) is 4.68. The minimum absolute atomic E-state index is 0.0000140. The van der Waals surface area contributed by atoms with Crippen LogP contribution in [0.15, 0.2) is 41.3 Å². The number of methoxy groups -OCH3 is 2. The number of benzene rings is 2. The zero-order valence-electron chi connectivity index (χ0n) is 12.9. The van der Waals surface area contributed by atoms with Crippen molar-refractivity contribution in [1.29, 1.82) is 0 Å². The molecule has 9 heteroatoms. The van der Waals surface area contributed by atoms with Gasteiger partial charge in [-0.25, -0.2) is 12.8 Å². The van der Waals surface area contributed by atoms with Gasteiger partial charge in [-0.1, -0.05) is 0 Å². The third-order valence-electron chi connectivity index (χ3n) is 3.15. The Morgan fingerprint density at radius 3 is 2.33 bits per heavy atom. The highest BCUT2D eigenvalue weighted by Crippen LogP contribution is 2.30. The lowest BCUT2D eigenvalue weighted by atomic mass is 10.2. The number of anilines is 1. The van der Waals surface area contributed by atoms with Crippen molar-refractivity contribution in [2.75, 3.05) is 18.9 Å². The van der Waals surface area contributed by atoms with Gasteiger partial charge in [0.25, 0.3) is 15.9 Å². The van der Waals surface area contributed by atoms with Gasteiger partial charge in [-0.2, -0.15) is 0 Å². The van der Waals surface area contributed by atoms with E-state index in [-0.39, 0.29) is 16.3 Å². The summed E-state index contributed by atoms with van der Waals surface area (Å²) in [6, 6.07) is 7.19. The van der Waals surface area contributed by atoms with Crippen LogP contribution >= 0.6 is 0 Å². The van der Waals surface area contributed by atoms with E-state index in [2.05, 4.69) is 4.72 Å². The van der Waals surface area contributed by atoms with Crippen molar-refractivity contribution < 1.29 is 27.1 Å². The van der Waals surface area contributed by atoms with Gasteiger partial charge in [-0.3, -0.25) is 9.52 Å². The van der Waals surface area contributed by atoms with Gasteiger partial charge in [0, 0.05) is 11.8 Å². The van der Waals surface area contributed by atoms with Crippen molar-refractivity contribution >= 4 is 21.6 Å². The Balaban J connectivity index is 2.38. The van der Waals surface area contributed by atoms with Gasteiger partial charge >= 0.3 is 0 Å². The van der Waals surface area contributed by atoms with Crippen LogP contribution in [0.4, 0.5) is 10.1 Å².